The molecule has 2 aromatic rings. The highest BCUT2D eigenvalue weighted by Crippen LogP contribution is 2.28. The predicted molar refractivity (Wildman–Crippen MR) is 83.1 cm³/mol. The van der Waals surface area contributed by atoms with Crippen LogP contribution >= 0.6 is 11.3 Å². The van der Waals surface area contributed by atoms with E-state index in [0.717, 1.165) is 30.6 Å². The standard InChI is InChI=1S/C13H15N3O3S2/c17-16(18)10-3-4-12-11(6-10)15-13(20-12)21(19)8-9-2-1-5-14-7-9/h3-4,6,9,14H,1-2,5,7-8H2. The molecule has 112 valence electrons. The van der Waals surface area contributed by atoms with Gasteiger partial charge in [0.25, 0.3) is 5.69 Å². The van der Waals surface area contributed by atoms with E-state index in [2.05, 4.69) is 10.3 Å². The highest BCUT2D eigenvalue weighted by molar-refractivity contribution is 7.87. The molecular weight excluding hydrogens is 310 g/mol. The van der Waals surface area contributed by atoms with E-state index in [9.17, 15) is 14.3 Å². The molecule has 6 nitrogen and oxygen atoms in total. The van der Waals surface area contributed by atoms with Gasteiger partial charge in [0.1, 0.15) is 0 Å². The van der Waals surface area contributed by atoms with Gasteiger partial charge in [0, 0.05) is 17.9 Å². The van der Waals surface area contributed by atoms with Gasteiger partial charge >= 0.3 is 0 Å². The molecule has 1 aliphatic heterocycles. The lowest BCUT2D eigenvalue weighted by Gasteiger charge is -2.21. The molecule has 1 fully saturated rings. The SMILES string of the molecule is O=[N+]([O-])c1ccc2sc(S(=O)CC3CCCNC3)nc2c1. The van der Waals surface area contributed by atoms with Crippen molar-refractivity contribution in [2.24, 2.45) is 5.92 Å². The number of non-ortho nitro benzene ring substituents is 1. The first-order valence-corrected chi connectivity index (χ1v) is 8.91. The zero-order valence-electron chi connectivity index (χ0n) is 11.3. The Bertz CT molecular complexity index is 695. The summed E-state index contributed by atoms with van der Waals surface area (Å²) in [5, 5.41) is 14.1. The van der Waals surface area contributed by atoms with Crippen molar-refractivity contribution in [1.82, 2.24) is 10.3 Å². The Labute approximate surface area is 128 Å². The van der Waals surface area contributed by atoms with E-state index in [1.807, 2.05) is 0 Å². The van der Waals surface area contributed by atoms with Crippen LogP contribution in [0.4, 0.5) is 5.69 Å². The third-order valence-electron chi connectivity index (χ3n) is 3.54. The van der Waals surface area contributed by atoms with Crippen LogP contribution in [0.2, 0.25) is 0 Å². The normalized spacial score (nSPS) is 20.5. The maximum absolute atomic E-state index is 12.4. The third-order valence-corrected chi connectivity index (χ3v) is 6.44. The summed E-state index contributed by atoms with van der Waals surface area (Å²) in [4.78, 5) is 14.6. The fourth-order valence-corrected chi connectivity index (χ4v) is 5.04. The maximum atomic E-state index is 12.4. The number of aromatic nitrogens is 1. The molecule has 2 unspecified atom stereocenters. The van der Waals surface area contributed by atoms with Crippen LogP contribution in [0.25, 0.3) is 10.2 Å². The molecule has 0 radical (unpaired) electrons. The zero-order valence-corrected chi connectivity index (χ0v) is 12.9. The maximum Gasteiger partial charge on any atom is 0.271 e. The average molecular weight is 325 g/mol. The van der Waals surface area contributed by atoms with Gasteiger partial charge in [-0.05, 0) is 37.9 Å². The summed E-state index contributed by atoms with van der Waals surface area (Å²) in [7, 11) is -1.13. The first kappa shape index (κ1) is 14.6. The predicted octanol–water partition coefficient (Wildman–Crippen LogP) is 2.31. The number of nitrogens with zero attached hydrogens (tertiary/aromatic N) is 2. The van der Waals surface area contributed by atoms with Crippen LogP contribution < -0.4 is 5.32 Å². The van der Waals surface area contributed by atoms with Crippen molar-refractivity contribution in [3.05, 3.63) is 28.3 Å². The minimum absolute atomic E-state index is 0.0154. The van der Waals surface area contributed by atoms with Gasteiger partial charge in [-0.15, -0.1) is 11.3 Å². The molecule has 1 N–H and O–H groups in total. The summed E-state index contributed by atoms with van der Waals surface area (Å²) in [6.45, 7) is 1.94. The second-order valence-electron chi connectivity index (χ2n) is 5.11. The first-order valence-electron chi connectivity index (χ1n) is 6.77. The van der Waals surface area contributed by atoms with Crippen LogP contribution in [-0.4, -0.2) is 33.0 Å². The van der Waals surface area contributed by atoms with Crippen molar-refractivity contribution >= 4 is 38.0 Å². The van der Waals surface area contributed by atoms with E-state index in [0.29, 0.717) is 21.5 Å². The minimum atomic E-state index is -1.13. The fraction of sp³-hybridized carbons (Fsp3) is 0.462. The highest BCUT2D eigenvalue weighted by Gasteiger charge is 2.20. The number of benzene rings is 1. The summed E-state index contributed by atoms with van der Waals surface area (Å²) in [5.74, 6) is 1.02. The summed E-state index contributed by atoms with van der Waals surface area (Å²) < 4.78 is 13.8. The molecule has 0 spiro atoms. The summed E-state index contributed by atoms with van der Waals surface area (Å²) in [6.07, 6.45) is 2.21. The quantitative estimate of drug-likeness (QED) is 0.689. The van der Waals surface area contributed by atoms with Crippen molar-refractivity contribution in [2.45, 2.75) is 17.2 Å². The highest BCUT2D eigenvalue weighted by atomic mass is 32.2. The Morgan fingerprint density at radius 3 is 3.10 bits per heavy atom. The molecule has 2 heterocycles. The molecule has 1 aromatic carbocycles. The minimum Gasteiger partial charge on any atom is -0.316 e. The number of nitro benzene ring substituents is 1. The van der Waals surface area contributed by atoms with Crippen LogP contribution in [-0.2, 0) is 10.8 Å². The van der Waals surface area contributed by atoms with Gasteiger partial charge < -0.3 is 5.32 Å². The van der Waals surface area contributed by atoms with E-state index in [1.165, 1.54) is 23.5 Å². The number of hydrogen-bond acceptors (Lipinski definition) is 6. The van der Waals surface area contributed by atoms with Gasteiger partial charge in [-0.2, -0.15) is 0 Å². The van der Waals surface area contributed by atoms with E-state index in [4.69, 9.17) is 0 Å². The Morgan fingerprint density at radius 2 is 2.38 bits per heavy atom. The number of piperidine rings is 1. The monoisotopic (exact) mass is 325 g/mol. The van der Waals surface area contributed by atoms with Gasteiger partial charge in [-0.25, -0.2) is 4.98 Å². The fourth-order valence-electron chi connectivity index (χ4n) is 2.46. The van der Waals surface area contributed by atoms with Crippen LogP contribution in [0, 0.1) is 16.0 Å². The lowest BCUT2D eigenvalue weighted by Crippen LogP contribution is -2.32. The van der Waals surface area contributed by atoms with E-state index >= 15 is 0 Å². The van der Waals surface area contributed by atoms with Gasteiger partial charge in [0.15, 0.2) is 4.34 Å². The van der Waals surface area contributed by atoms with E-state index in [1.54, 1.807) is 6.07 Å². The second kappa shape index (κ2) is 6.17. The second-order valence-corrected chi connectivity index (χ2v) is 7.81. The molecule has 1 aromatic heterocycles. The molecule has 0 amide bonds. The molecule has 0 saturated carbocycles. The molecular formula is C13H15N3O3S2. The average Bonchev–Trinajstić information content (AvgIpc) is 2.91. The van der Waals surface area contributed by atoms with Crippen LogP contribution in [0.15, 0.2) is 22.5 Å². The molecule has 1 saturated heterocycles. The number of fused-ring (bicyclic) bond motifs is 1. The van der Waals surface area contributed by atoms with Crippen molar-refractivity contribution in [2.75, 3.05) is 18.8 Å². The van der Waals surface area contributed by atoms with Crippen molar-refractivity contribution in [1.29, 1.82) is 0 Å². The van der Waals surface area contributed by atoms with Gasteiger partial charge in [0.05, 0.1) is 25.9 Å². The lowest BCUT2D eigenvalue weighted by atomic mass is 10.0. The van der Waals surface area contributed by atoms with E-state index in [-0.39, 0.29) is 5.69 Å². The molecule has 21 heavy (non-hydrogen) atoms. The number of nitrogens with one attached hydrogen (secondary N) is 1. The Balaban J connectivity index is 1.79. The Kier molecular flexibility index (Phi) is 4.27. The number of thiazole rings is 1. The van der Waals surface area contributed by atoms with Gasteiger partial charge in [-0.1, -0.05) is 0 Å². The Morgan fingerprint density at radius 1 is 1.52 bits per heavy atom. The number of nitro groups is 1. The van der Waals surface area contributed by atoms with E-state index < -0.39 is 15.7 Å². The largest absolute Gasteiger partial charge is 0.316 e. The topological polar surface area (TPSA) is 85.1 Å². The third kappa shape index (κ3) is 3.28. The molecule has 0 bridgehead atoms. The summed E-state index contributed by atoms with van der Waals surface area (Å²) >= 11 is 1.36. The Hall–Kier alpha value is -1.38. The van der Waals surface area contributed by atoms with Gasteiger partial charge in [-0.3, -0.25) is 14.3 Å². The van der Waals surface area contributed by atoms with Gasteiger partial charge in [0.2, 0.25) is 0 Å². The molecule has 1 aliphatic rings. The molecule has 0 aliphatic carbocycles. The smallest absolute Gasteiger partial charge is 0.271 e. The van der Waals surface area contributed by atoms with Crippen molar-refractivity contribution in [3.63, 3.8) is 0 Å². The molecule has 8 heteroatoms. The number of hydrogen-bond donors (Lipinski definition) is 1. The van der Waals surface area contributed by atoms with Crippen molar-refractivity contribution in [3.8, 4) is 0 Å². The number of rotatable bonds is 4. The first-order chi connectivity index (χ1) is 10.1. The summed E-state index contributed by atoms with van der Waals surface area (Å²) in [5.41, 5.74) is 0.570. The van der Waals surface area contributed by atoms with Crippen LogP contribution in [0.1, 0.15) is 12.8 Å². The molecule has 3 rings (SSSR count). The van der Waals surface area contributed by atoms with Crippen molar-refractivity contribution < 1.29 is 9.13 Å². The van der Waals surface area contributed by atoms with Crippen LogP contribution in [0.5, 0.6) is 0 Å². The summed E-state index contributed by atoms with van der Waals surface area (Å²) in [6, 6.07) is 4.57. The lowest BCUT2D eigenvalue weighted by molar-refractivity contribution is -0.384. The zero-order chi connectivity index (χ0) is 14.8. The van der Waals surface area contributed by atoms with Crippen LogP contribution in [0.3, 0.4) is 0 Å². The molecule has 2 atom stereocenters.